The van der Waals surface area contributed by atoms with E-state index in [9.17, 15) is 0 Å². The van der Waals surface area contributed by atoms with E-state index in [1.165, 1.54) is 25.8 Å². The van der Waals surface area contributed by atoms with Crippen LogP contribution in [0.25, 0.3) is 0 Å². The number of nitrogens with one attached hydrogen (secondary N) is 1. The fourth-order valence-electron chi connectivity index (χ4n) is 2.08. The number of benzene rings is 1. The standard InChI is InChI=1S/C13H18ClNO/c14-11-4-1-7-13(10-11)16-9-3-6-12-5-2-8-15-12/h1,4,7,10,12,15H,2-3,5-6,8-9H2. The predicted octanol–water partition coefficient (Wildman–Crippen LogP) is 3.25. The summed E-state index contributed by atoms with van der Waals surface area (Å²) in [6, 6.07) is 8.28. The number of halogens is 1. The molecule has 1 saturated heterocycles. The highest BCUT2D eigenvalue weighted by Crippen LogP contribution is 2.18. The molecule has 88 valence electrons. The molecule has 2 nitrogen and oxygen atoms in total. The molecule has 1 atom stereocenters. The summed E-state index contributed by atoms with van der Waals surface area (Å²) in [6.45, 7) is 1.96. The maximum Gasteiger partial charge on any atom is 0.120 e. The largest absolute Gasteiger partial charge is 0.494 e. The Labute approximate surface area is 102 Å². The number of rotatable bonds is 5. The lowest BCUT2D eigenvalue weighted by atomic mass is 10.1. The third-order valence-corrected chi connectivity index (χ3v) is 3.16. The van der Waals surface area contributed by atoms with Gasteiger partial charge >= 0.3 is 0 Å². The summed E-state index contributed by atoms with van der Waals surface area (Å²) in [5, 5.41) is 4.22. The van der Waals surface area contributed by atoms with Crippen LogP contribution in [0.15, 0.2) is 24.3 Å². The number of hydrogen-bond acceptors (Lipinski definition) is 2. The minimum absolute atomic E-state index is 0.711. The molecule has 1 N–H and O–H groups in total. The first-order valence-corrected chi connectivity index (χ1v) is 6.34. The molecule has 1 aromatic carbocycles. The molecular formula is C13H18ClNO. The molecule has 2 rings (SSSR count). The quantitative estimate of drug-likeness (QED) is 0.797. The maximum atomic E-state index is 5.87. The highest BCUT2D eigenvalue weighted by Gasteiger charge is 2.12. The molecule has 0 radical (unpaired) electrons. The molecule has 1 aliphatic heterocycles. The zero-order valence-corrected chi connectivity index (χ0v) is 10.2. The van der Waals surface area contributed by atoms with Gasteiger partial charge in [-0.05, 0) is 50.4 Å². The van der Waals surface area contributed by atoms with Crippen LogP contribution < -0.4 is 10.1 Å². The van der Waals surface area contributed by atoms with Crippen molar-refractivity contribution in [3.63, 3.8) is 0 Å². The Morgan fingerprint density at radius 2 is 2.38 bits per heavy atom. The van der Waals surface area contributed by atoms with E-state index in [0.717, 1.165) is 23.8 Å². The second-order valence-electron chi connectivity index (χ2n) is 4.24. The lowest BCUT2D eigenvalue weighted by Gasteiger charge is -2.10. The Hall–Kier alpha value is -0.730. The van der Waals surface area contributed by atoms with Crippen LogP contribution in [-0.2, 0) is 0 Å². The van der Waals surface area contributed by atoms with Crippen molar-refractivity contribution in [2.45, 2.75) is 31.7 Å². The minimum Gasteiger partial charge on any atom is -0.494 e. The average molecular weight is 240 g/mol. The molecule has 1 unspecified atom stereocenters. The Kier molecular flexibility index (Phi) is 4.49. The van der Waals surface area contributed by atoms with E-state index in [0.29, 0.717) is 6.04 Å². The van der Waals surface area contributed by atoms with Gasteiger partial charge in [0.15, 0.2) is 0 Å². The zero-order valence-electron chi connectivity index (χ0n) is 9.42. The zero-order chi connectivity index (χ0) is 11.2. The predicted molar refractivity (Wildman–Crippen MR) is 67.2 cm³/mol. The van der Waals surface area contributed by atoms with Crippen molar-refractivity contribution in [3.8, 4) is 5.75 Å². The second kappa shape index (κ2) is 6.12. The van der Waals surface area contributed by atoms with Crippen LogP contribution >= 0.6 is 11.6 Å². The van der Waals surface area contributed by atoms with Crippen LogP contribution in [0.1, 0.15) is 25.7 Å². The third kappa shape index (κ3) is 3.69. The van der Waals surface area contributed by atoms with E-state index in [1.54, 1.807) is 0 Å². The Morgan fingerprint density at radius 3 is 3.12 bits per heavy atom. The first-order chi connectivity index (χ1) is 7.84. The van der Waals surface area contributed by atoms with Gasteiger partial charge in [-0.15, -0.1) is 0 Å². The number of ether oxygens (including phenoxy) is 1. The Balaban J connectivity index is 1.64. The summed E-state index contributed by atoms with van der Waals surface area (Å²) in [6.07, 6.45) is 4.95. The van der Waals surface area contributed by atoms with Crippen molar-refractivity contribution in [1.82, 2.24) is 5.32 Å². The van der Waals surface area contributed by atoms with Gasteiger partial charge in [0.1, 0.15) is 5.75 Å². The van der Waals surface area contributed by atoms with Gasteiger partial charge in [0.2, 0.25) is 0 Å². The van der Waals surface area contributed by atoms with Crippen molar-refractivity contribution in [2.75, 3.05) is 13.2 Å². The van der Waals surface area contributed by atoms with E-state index >= 15 is 0 Å². The van der Waals surface area contributed by atoms with Gasteiger partial charge < -0.3 is 10.1 Å². The van der Waals surface area contributed by atoms with Gasteiger partial charge in [0, 0.05) is 11.1 Å². The van der Waals surface area contributed by atoms with Crippen molar-refractivity contribution in [2.24, 2.45) is 0 Å². The Bertz CT molecular complexity index is 323. The SMILES string of the molecule is Clc1cccc(OCCCC2CCCN2)c1. The molecule has 0 spiro atoms. The summed E-state index contributed by atoms with van der Waals surface area (Å²) >= 11 is 5.87. The lowest BCUT2D eigenvalue weighted by molar-refractivity contribution is 0.299. The normalized spacial score (nSPS) is 19.9. The van der Waals surface area contributed by atoms with E-state index in [-0.39, 0.29) is 0 Å². The van der Waals surface area contributed by atoms with Crippen LogP contribution in [0.5, 0.6) is 5.75 Å². The molecule has 0 aliphatic carbocycles. The fourth-order valence-corrected chi connectivity index (χ4v) is 2.26. The van der Waals surface area contributed by atoms with Crippen molar-refractivity contribution >= 4 is 11.6 Å². The molecule has 0 aromatic heterocycles. The fraction of sp³-hybridized carbons (Fsp3) is 0.538. The van der Waals surface area contributed by atoms with Gasteiger partial charge in [-0.2, -0.15) is 0 Å². The van der Waals surface area contributed by atoms with Gasteiger partial charge in [0.25, 0.3) is 0 Å². The summed E-state index contributed by atoms with van der Waals surface area (Å²) in [4.78, 5) is 0. The highest BCUT2D eigenvalue weighted by atomic mass is 35.5. The minimum atomic E-state index is 0.711. The van der Waals surface area contributed by atoms with E-state index in [2.05, 4.69) is 5.32 Å². The molecule has 1 heterocycles. The van der Waals surface area contributed by atoms with Crippen LogP contribution in [0, 0.1) is 0 Å². The van der Waals surface area contributed by atoms with Gasteiger partial charge in [-0.3, -0.25) is 0 Å². The van der Waals surface area contributed by atoms with Gasteiger partial charge in [-0.25, -0.2) is 0 Å². The molecule has 1 fully saturated rings. The smallest absolute Gasteiger partial charge is 0.120 e. The van der Waals surface area contributed by atoms with Crippen molar-refractivity contribution in [1.29, 1.82) is 0 Å². The van der Waals surface area contributed by atoms with Crippen molar-refractivity contribution in [3.05, 3.63) is 29.3 Å². The molecule has 0 amide bonds. The molecule has 0 bridgehead atoms. The highest BCUT2D eigenvalue weighted by molar-refractivity contribution is 6.30. The maximum absolute atomic E-state index is 5.87. The molecule has 3 heteroatoms. The summed E-state index contributed by atoms with van der Waals surface area (Å²) in [5.74, 6) is 0.867. The van der Waals surface area contributed by atoms with E-state index in [4.69, 9.17) is 16.3 Å². The molecular weight excluding hydrogens is 222 g/mol. The summed E-state index contributed by atoms with van der Waals surface area (Å²) < 4.78 is 5.63. The van der Waals surface area contributed by atoms with Crippen LogP contribution in [0.3, 0.4) is 0 Å². The van der Waals surface area contributed by atoms with Crippen LogP contribution in [0.4, 0.5) is 0 Å². The first-order valence-electron chi connectivity index (χ1n) is 5.96. The molecule has 1 aromatic rings. The second-order valence-corrected chi connectivity index (χ2v) is 4.68. The molecule has 16 heavy (non-hydrogen) atoms. The molecule has 0 saturated carbocycles. The summed E-state index contributed by atoms with van der Waals surface area (Å²) in [7, 11) is 0. The lowest BCUT2D eigenvalue weighted by Crippen LogP contribution is -2.21. The first kappa shape index (κ1) is 11.7. The topological polar surface area (TPSA) is 21.3 Å². The van der Waals surface area contributed by atoms with E-state index in [1.807, 2.05) is 24.3 Å². The molecule has 1 aliphatic rings. The van der Waals surface area contributed by atoms with Crippen molar-refractivity contribution < 1.29 is 4.74 Å². The van der Waals surface area contributed by atoms with Gasteiger partial charge in [0.05, 0.1) is 6.61 Å². The Morgan fingerprint density at radius 1 is 1.44 bits per heavy atom. The van der Waals surface area contributed by atoms with Crippen LogP contribution in [-0.4, -0.2) is 19.2 Å². The van der Waals surface area contributed by atoms with Crippen LogP contribution in [0.2, 0.25) is 5.02 Å². The van der Waals surface area contributed by atoms with E-state index < -0.39 is 0 Å². The number of hydrogen-bond donors (Lipinski definition) is 1. The third-order valence-electron chi connectivity index (χ3n) is 2.92. The average Bonchev–Trinajstić information content (AvgIpc) is 2.77. The summed E-state index contributed by atoms with van der Waals surface area (Å²) in [5.41, 5.74) is 0. The van der Waals surface area contributed by atoms with Gasteiger partial charge in [-0.1, -0.05) is 17.7 Å². The monoisotopic (exact) mass is 239 g/mol.